The molecule has 0 aliphatic heterocycles. The quantitative estimate of drug-likeness (QED) is 0.660. The van der Waals surface area contributed by atoms with Gasteiger partial charge < -0.3 is 15.4 Å². The number of imide groups is 1. The highest BCUT2D eigenvalue weighted by Crippen LogP contribution is 2.05. The summed E-state index contributed by atoms with van der Waals surface area (Å²) in [5, 5.41) is 6.97. The summed E-state index contributed by atoms with van der Waals surface area (Å²) in [6.45, 7) is 2.77. The minimum absolute atomic E-state index is 0.402. The minimum atomic E-state index is -1.20. The van der Waals surface area contributed by atoms with Crippen molar-refractivity contribution in [2.75, 3.05) is 11.9 Å². The van der Waals surface area contributed by atoms with Gasteiger partial charge in [0.1, 0.15) is 6.54 Å². The first-order valence-corrected chi connectivity index (χ1v) is 8.56. The lowest BCUT2D eigenvalue weighted by Crippen LogP contribution is -2.42. The van der Waals surface area contributed by atoms with E-state index in [1.54, 1.807) is 48.5 Å². The number of anilines is 1. The van der Waals surface area contributed by atoms with Crippen LogP contribution in [-0.4, -0.2) is 36.5 Å². The monoisotopic (exact) mass is 383 g/mol. The molecule has 2 rings (SSSR count). The standard InChI is InChI=1S/C20H21N3O5/c1-13-7-6-8-15(11-13)19(26)21-12-17(24)28-14(2)18(25)23-20(27)22-16-9-4-3-5-10-16/h3-11,14H,12H2,1-2H3,(H,21,26)(H2,22,23,25,27). The Morgan fingerprint density at radius 2 is 1.71 bits per heavy atom. The van der Waals surface area contributed by atoms with Crippen molar-refractivity contribution >= 4 is 29.5 Å². The van der Waals surface area contributed by atoms with E-state index < -0.39 is 36.5 Å². The lowest BCUT2D eigenvalue weighted by molar-refractivity contribution is -0.153. The lowest BCUT2D eigenvalue weighted by atomic mass is 10.1. The van der Waals surface area contributed by atoms with Crippen LogP contribution in [0.2, 0.25) is 0 Å². The van der Waals surface area contributed by atoms with Gasteiger partial charge in [-0.15, -0.1) is 0 Å². The predicted octanol–water partition coefficient (Wildman–Crippen LogP) is 2.00. The minimum Gasteiger partial charge on any atom is -0.451 e. The van der Waals surface area contributed by atoms with Crippen LogP contribution in [0.4, 0.5) is 10.5 Å². The number of aryl methyl sites for hydroxylation is 1. The number of hydrogen-bond donors (Lipinski definition) is 3. The SMILES string of the molecule is Cc1cccc(C(=O)NCC(=O)OC(C)C(=O)NC(=O)Nc2ccccc2)c1. The van der Waals surface area contributed by atoms with Gasteiger partial charge in [0.25, 0.3) is 11.8 Å². The van der Waals surface area contributed by atoms with Gasteiger partial charge in [0.2, 0.25) is 0 Å². The van der Waals surface area contributed by atoms with Crippen LogP contribution in [0, 0.1) is 6.92 Å². The molecular formula is C20H21N3O5. The average Bonchev–Trinajstić information content (AvgIpc) is 2.66. The molecule has 0 radical (unpaired) electrons. The van der Waals surface area contributed by atoms with Crippen LogP contribution >= 0.6 is 0 Å². The molecule has 8 heteroatoms. The molecule has 1 atom stereocenters. The molecule has 0 saturated carbocycles. The molecule has 146 valence electrons. The van der Waals surface area contributed by atoms with Crippen LogP contribution in [0.3, 0.4) is 0 Å². The second-order valence-corrected chi connectivity index (χ2v) is 5.99. The molecule has 4 amide bonds. The Kier molecular flexibility index (Phi) is 7.27. The van der Waals surface area contributed by atoms with E-state index in [0.29, 0.717) is 11.3 Å². The van der Waals surface area contributed by atoms with Gasteiger partial charge in [-0.05, 0) is 38.1 Å². The molecule has 0 aliphatic rings. The second-order valence-electron chi connectivity index (χ2n) is 5.99. The number of benzene rings is 2. The summed E-state index contributed by atoms with van der Waals surface area (Å²) in [7, 11) is 0. The number of amides is 4. The summed E-state index contributed by atoms with van der Waals surface area (Å²) < 4.78 is 4.93. The van der Waals surface area contributed by atoms with Crippen LogP contribution in [0.15, 0.2) is 54.6 Å². The molecule has 3 N–H and O–H groups in total. The van der Waals surface area contributed by atoms with Crippen molar-refractivity contribution in [3.8, 4) is 0 Å². The number of rotatable bonds is 6. The molecule has 1 unspecified atom stereocenters. The van der Waals surface area contributed by atoms with Crippen molar-refractivity contribution in [1.29, 1.82) is 0 Å². The predicted molar refractivity (Wildman–Crippen MR) is 103 cm³/mol. The number of hydrogen-bond acceptors (Lipinski definition) is 5. The highest BCUT2D eigenvalue weighted by molar-refractivity contribution is 6.03. The molecule has 0 bridgehead atoms. The van der Waals surface area contributed by atoms with Gasteiger partial charge >= 0.3 is 12.0 Å². The van der Waals surface area contributed by atoms with Crippen molar-refractivity contribution in [1.82, 2.24) is 10.6 Å². The number of nitrogens with one attached hydrogen (secondary N) is 3. The highest BCUT2D eigenvalue weighted by atomic mass is 16.5. The fraction of sp³-hybridized carbons (Fsp3) is 0.200. The fourth-order valence-corrected chi connectivity index (χ4v) is 2.23. The largest absolute Gasteiger partial charge is 0.451 e. The third kappa shape index (κ3) is 6.56. The summed E-state index contributed by atoms with van der Waals surface area (Å²) in [6.07, 6.45) is -1.20. The number of urea groups is 1. The Bertz CT molecular complexity index is 867. The Balaban J connectivity index is 1.75. The summed E-state index contributed by atoms with van der Waals surface area (Å²) in [5.41, 5.74) is 1.83. The second kappa shape index (κ2) is 9.86. The molecule has 0 heterocycles. The number of carbonyl (C=O) groups excluding carboxylic acids is 4. The Morgan fingerprint density at radius 3 is 2.39 bits per heavy atom. The maximum Gasteiger partial charge on any atom is 0.326 e. The Hall–Kier alpha value is -3.68. The topological polar surface area (TPSA) is 114 Å². The van der Waals surface area contributed by atoms with Crippen molar-refractivity contribution < 1.29 is 23.9 Å². The molecule has 28 heavy (non-hydrogen) atoms. The van der Waals surface area contributed by atoms with Crippen LogP contribution in [0.1, 0.15) is 22.8 Å². The van der Waals surface area contributed by atoms with Crippen LogP contribution in [-0.2, 0) is 14.3 Å². The van der Waals surface area contributed by atoms with Crippen LogP contribution in [0.25, 0.3) is 0 Å². The van der Waals surface area contributed by atoms with Gasteiger partial charge in [0.15, 0.2) is 6.10 Å². The molecular weight excluding hydrogens is 362 g/mol. The van der Waals surface area contributed by atoms with E-state index in [2.05, 4.69) is 16.0 Å². The zero-order chi connectivity index (χ0) is 20.5. The van der Waals surface area contributed by atoms with Crippen molar-refractivity contribution in [2.24, 2.45) is 0 Å². The fourth-order valence-electron chi connectivity index (χ4n) is 2.23. The van der Waals surface area contributed by atoms with E-state index in [1.165, 1.54) is 6.92 Å². The van der Waals surface area contributed by atoms with Gasteiger partial charge in [0.05, 0.1) is 0 Å². The zero-order valence-electron chi connectivity index (χ0n) is 15.5. The van der Waals surface area contributed by atoms with E-state index in [9.17, 15) is 19.2 Å². The van der Waals surface area contributed by atoms with Gasteiger partial charge in [0, 0.05) is 11.3 Å². The van der Waals surface area contributed by atoms with E-state index >= 15 is 0 Å². The summed E-state index contributed by atoms with van der Waals surface area (Å²) >= 11 is 0. The van der Waals surface area contributed by atoms with Crippen molar-refractivity contribution in [3.05, 3.63) is 65.7 Å². The molecule has 8 nitrogen and oxygen atoms in total. The Labute approximate surface area is 162 Å². The smallest absolute Gasteiger partial charge is 0.326 e. The first-order valence-electron chi connectivity index (χ1n) is 8.56. The van der Waals surface area contributed by atoms with E-state index in [4.69, 9.17) is 4.74 Å². The zero-order valence-corrected chi connectivity index (χ0v) is 15.5. The maximum absolute atomic E-state index is 12.0. The van der Waals surface area contributed by atoms with E-state index in [-0.39, 0.29) is 0 Å². The molecule has 2 aromatic carbocycles. The van der Waals surface area contributed by atoms with Crippen LogP contribution < -0.4 is 16.0 Å². The van der Waals surface area contributed by atoms with Crippen LogP contribution in [0.5, 0.6) is 0 Å². The number of esters is 1. The lowest BCUT2D eigenvalue weighted by Gasteiger charge is -2.13. The number of para-hydroxylation sites is 1. The maximum atomic E-state index is 12.0. The van der Waals surface area contributed by atoms with Gasteiger partial charge in [-0.2, -0.15) is 0 Å². The van der Waals surface area contributed by atoms with E-state index in [0.717, 1.165) is 5.56 Å². The summed E-state index contributed by atoms with van der Waals surface area (Å²) in [6, 6.07) is 14.7. The highest BCUT2D eigenvalue weighted by Gasteiger charge is 2.20. The van der Waals surface area contributed by atoms with Gasteiger partial charge in [-0.3, -0.25) is 19.7 Å². The first kappa shape index (κ1) is 20.6. The molecule has 2 aromatic rings. The molecule has 0 saturated heterocycles. The first-order chi connectivity index (χ1) is 13.3. The van der Waals surface area contributed by atoms with Crippen molar-refractivity contribution in [3.63, 3.8) is 0 Å². The average molecular weight is 383 g/mol. The van der Waals surface area contributed by atoms with Gasteiger partial charge in [-0.1, -0.05) is 35.9 Å². The Morgan fingerprint density at radius 1 is 1.00 bits per heavy atom. The molecule has 0 fully saturated rings. The number of carbonyl (C=O) groups is 4. The summed E-state index contributed by atoms with van der Waals surface area (Å²) in [4.78, 5) is 47.5. The third-order valence-electron chi connectivity index (χ3n) is 3.62. The number of ether oxygens (including phenoxy) is 1. The normalized spacial score (nSPS) is 11.1. The third-order valence-corrected chi connectivity index (χ3v) is 3.62. The van der Waals surface area contributed by atoms with E-state index in [1.807, 2.05) is 13.0 Å². The summed E-state index contributed by atoms with van der Waals surface area (Å²) in [5.74, 6) is -2.01. The van der Waals surface area contributed by atoms with Gasteiger partial charge in [-0.25, -0.2) is 4.79 Å². The van der Waals surface area contributed by atoms with Crippen molar-refractivity contribution in [2.45, 2.75) is 20.0 Å². The molecule has 0 aliphatic carbocycles. The molecule has 0 spiro atoms. The molecule has 0 aromatic heterocycles.